The molecule has 2 aliphatic rings. The molecule has 0 aromatic heterocycles. The lowest BCUT2D eigenvalue weighted by atomic mass is 9.79. The van der Waals surface area contributed by atoms with Crippen molar-refractivity contribution in [1.82, 2.24) is 0 Å². The number of Topliss-reactive ketones (excluding diaryl/α,β-unsaturated/α-hetero) is 2. The third kappa shape index (κ3) is 1.79. The van der Waals surface area contributed by atoms with Crippen molar-refractivity contribution in [3.63, 3.8) is 0 Å². The Bertz CT molecular complexity index is 962. The first-order chi connectivity index (χ1) is 11.8. The van der Waals surface area contributed by atoms with E-state index in [0.29, 0.717) is 16.7 Å². The van der Waals surface area contributed by atoms with Gasteiger partial charge in [-0.3, -0.25) is 9.59 Å². The van der Waals surface area contributed by atoms with E-state index in [2.05, 4.69) is 0 Å². The molecule has 2 aromatic rings. The number of esters is 1. The maximum absolute atomic E-state index is 13.0. The molecule has 0 saturated carbocycles. The van der Waals surface area contributed by atoms with Crippen LogP contribution in [0.15, 0.2) is 24.3 Å². The normalized spacial score (nSPS) is 17.5. The van der Waals surface area contributed by atoms with Gasteiger partial charge < -0.3 is 4.74 Å². The van der Waals surface area contributed by atoms with Crippen LogP contribution in [0.5, 0.6) is 0 Å². The highest BCUT2D eigenvalue weighted by Crippen LogP contribution is 2.42. The second kappa shape index (κ2) is 4.88. The average Bonchev–Trinajstić information content (AvgIpc) is 2.80. The molecule has 0 bridgehead atoms. The van der Waals surface area contributed by atoms with Crippen LogP contribution in [0.4, 0.5) is 0 Å². The minimum atomic E-state index is -1.74. The van der Waals surface area contributed by atoms with Gasteiger partial charge in [0.1, 0.15) is 0 Å². The van der Waals surface area contributed by atoms with Crippen LogP contribution in [0, 0.1) is 27.7 Å². The Morgan fingerprint density at radius 2 is 1.32 bits per heavy atom. The van der Waals surface area contributed by atoms with E-state index in [1.54, 1.807) is 24.3 Å². The molecular weight excluding hydrogens is 316 g/mol. The van der Waals surface area contributed by atoms with Crippen molar-refractivity contribution >= 4 is 17.5 Å². The number of fused-ring (bicyclic) bond motifs is 2. The van der Waals surface area contributed by atoms with Crippen LogP contribution in [0.3, 0.4) is 0 Å². The van der Waals surface area contributed by atoms with Gasteiger partial charge in [0.15, 0.2) is 0 Å². The summed E-state index contributed by atoms with van der Waals surface area (Å²) in [6.07, 6.45) is 0.105. The molecule has 0 radical (unpaired) electrons. The van der Waals surface area contributed by atoms with Gasteiger partial charge in [-0.1, -0.05) is 24.3 Å². The molecule has 0 atom stereocenters. The molecule has 4 nitrogen and oxygen atoms in total. The number of hydrogen-bond donors (Lipinski definition) is 0. The second-order valence-corrected chi connectivity index (χ2v) is 6.95. The van der Waals surface area contributed by atoms with Crippen LogP contribution in [-0.4, -0.2) is 23.1 Å². The monoisotopic (exact) mass is 334 g/mol. The number of carbonyl (C=O) groups excluding carboxylic acids is 3. The number of ketones is 2. The van der Waals surface area contributed by atoms with Gasteiger partial charge >= 0.3 is 5.97 Å². The van der Waals surface area contributed by atoms with E-state index < -0.39 is 23.1 Å². The summed E-state index contributed by atoms with van der Waals surface area (Å²) in [5.74, 6) is -1.41. The molecule has 0 saturated heterocycles. The molecule has 4 heteroatoms. The van der Waals surface area contributed by atoms with E-state index >= 15 is 0 Å². The average molecular weight is 334 g/mol. The Hall–Kier alpha value is -2.75. The molecule has 25 heavy (non-hydrogen) atoms. The van der Waals surface area contributed by atoms with Crippen LogP contribution in [-0.2, 0) is 11.2 Å². The Morgan fingerprint density at radius 3 is 1.88 bits per heavy atom. The molecule has 0 N–H and O–H groups in total. The molecule has 126 valence electrons. The van der Waals surface area contributed by atoms with Gasteiger partial charge in [-0.05, 0) is 55.5 Å². The first kappa shape index (κ1) is 15.8. The molecule has 1 aliphatic carbocycles. The summed E-state index contributed by atoms with van der Waals surface area (Å²) in [7, 11) is 0. The Balaban J connectivity index is 1.96. The number of ether oxygens (including phenoxy) is 1. The SMILES string of the molecule is Cc1c(C)c(C)c2c(c1C)CC1(OC2=O)C(=O)c2ccccc2C1=O. The van der Waals surface area contributed by atoms with Gasteiger partial charge in [0.25, 0.3) is 0 Å². The highest BCUT2D eigenvalue weighted by atomic mass is 16.6. The summed E-state index contributed by atoms with van der Waals surface area (Å²) < 4.78 is 5.56. The first-order valence-electron chi connectivity index (χ1n) is 8.31. The first-order valence-corrected chi connectivity index (χ1v) is 8.31. The zero-order valence-corrected chi connectivity index (χ0v) is 14.6. The fraction of sp³-hybridized carbons (Fsp3) is 0.286. The quantitative estimate of drug-likeness (QED) is 0.547. The molecule has 1 aliphatic heterocycles. The second-order valence-electron chi connectivity index (χ2n) is 6.95. The largest absolute Gasteiger partial charge is 0.438 e. The highest BCUT2D eigenvalue weighted by Gasteiger charge is 2.59. The Kier molecular flexibility index (Phi) is 3.08. The zero-order chi connectivity index (χ0) is 18.1. The predicted molar refractivity (Wildman–Crippen MR) is 92.3 cm³/mol. The minimum absolute atomic E-state index is 0.105. The summed E-state index contributed by atoms with van der Waals surface area (Å²) in [5.41, 5.74) is 4.11. The number of benzene rings is 2. The van der Waals surface area contributed by atoms with Crippen molar-refractivity contribution in [2.24, 2.45) is 0 Å². The Morgan fingerprint density at radius 1 is 0.800 bits per heavy atom. The standard InChI is InChI=1S/C21H18O4/c1-10-11(2)13(4)17-16(12(10)3)9-21(25-20(17)24)18(22)14-7-5-6-8-15(14)19(21)23/h5-8H,9H2,1-4H3. The van der Waals surface area contributed by atoms with E-state index in [9.17, 15) is 14.4 Å². The lowest BCUT2D eigenvalue weighted by Crippen LogP contribution is -2.51. The molecule has 2 aromatic carbocycles. The van der Waals surface area contributed by atoms with Crippen LogP contribution in [0.2, 0.25) is 0 Å². The highest BCUT2D eigenvalue weighted by molar-refractivity contribution is 6.33. The maximum atomic E-state index is 13.0. The van der Waals surface area contributed by atoms with E-state index in [-0.39, 0.29) is 6.42 Å². The lowest BCUT2D eigenvalue weighted by Gasteiger charge is -2.34. The number of rotatable bonds is 0. The molecule has 0 unspecified atom stereocenters. The van der Waals surface area contributed by atoms with Gasteiger partial charge in [0, 0.05) is 17.5 Å². The fourth-order valence-corrected chi connectivity index (χ4v) is 4.05. The molecule has 1 heterocycles. The smallest absolute Gasteiger partial charge is 0.340 e. The van der Waals surface area contributed by atoms with Crippen LogP contribution < -0.4 is 0 Å². The van der Waals surface area contributed by atoms with Crippen molar-refractivity contribution in [3.05, 3.63) is 68.8 Å². The zero-order valence-electron chi connectivity index (χ0n) is 14.6. The lowest BCUT2D eigenvalue weighted by molar-refractivity contribution is -0.00561. The van der Waals surface area contributed by atoms with Crippen molar-refractivity contribution < 1.29 is 19.1 Å². The van der Waals surface area contributed by atoms with Crippen LogP contribution >= 0.6 is 0 Å². The van der Waals surface area contributed by atoms with Gasteiger partial charge in [-0.15, -0.1) is 0 Å². The summed E-state index contributed by atoms with van der Waals surface area (Å²) in [5, 5.41) is 0. The summed E-state index contributed by atoms with van der Waals surface area (Å²) >= 11 is 0. The Labute approximate surface area is 145 Å². The van der Waals surface area contributed by atoms with Crippen molar-refractivity contribution in [2.75, 3.05) is 0 Å². The predicted octanol–water partition coefficient (Wildman–Crippen LogP) is 3.45. The van der Waals surface area contributed by atoms with Crippen LogP contribution in [0.25, 0.3) is 0 Å². The molecule has 0 amide bonds. The van der Waals surface area contributed by atoms with E-state index in [1.165, 1.54) is 0 Å². The third-order valence-corrected chi connectivity index (χ3v) is 5.86. The van der Waals surface area contributed by atoms with Gasteiger partial charge in [0.05, 0.1) is 5.56 Å². The molecular formula is C21H18O4. The molecule has 1 spiro atoms. The number of carbonyl (C=O) groups is 3. The van der Waals surface area contributed by atoms with Gasteiger partial charge in [0.2, 0.25) is 17.2 Å². The van der Waals surface area contributed by atoms with E-state index in [4.69, 9.17) is 4.74 Å². The van der Waals surface area contributed by atoms with Gasteiger partial charge in [-0.2, -0.15) is 0 Å². The number of hydrogen-bond acceptors (Lipinski definition) is 4. The summed E-state index contributed by atoms with van der Waals surface area (Å²) in [6.45, 7) is 7.78. The van der Waals surface area contributed by atoms with E-state index in [1.807, 2.05) is 27.7 Å². The van der Waals surface area contributed by atoms with Gasteiger partial charge in [-0.25, -0.2) is 4.79 Å². The van der Waals surface area contributed by atoms with Crippen LogP contribution in [0.1, 0.15) is 58.9 Å². The van der Waals surface area contributed by atoms with Crippen molar-refractivity contribution in [3.8, 4) is 0 Å². The molecule has 0 fully saturated rings. The third-order valence-electron chi connectivity index (χ3n) is 5.86. The van der Waals surface area contributed by atoms with Crippen molar-refractivity contribution in [2.45, 2.75) is 39.7 Å². The molecule has 4 rings (SSSR count). The summed E-state index contributed by atoms with van der Waals surface area (Å²) in [6, 6.07) is 6.66. The fourth-order valence-electron chi connectivity index (χ4n) is 4.05. The minimum Gasteiger partial charge on any atom is -0.438 e. The van der Waals surface area contributed by atoms with Crippen molar-refractivity contribution in [1.29, 1.82) is 0 Å². The maximum Gasteiger partial charge on any atom is 0.340 e. The topological polar surface area (TPSA) is 60.4 Å². The van der Waals surface area contributed by atoms with E-state index in [0.717, 1.165) is 27.8 Å². The summed E-state index contributed by atoms with van der Waals surface area (Å²) in [4.78, 5) is 38.8.